The number of methoxy groups -OCH3 is 2. The largest absolute Gasteiger partial charge is 0.462 e. The summed E-state index contributed by atoms with van der Waals surface area (Å²) in [6.45, 7) is 4.65. The summed E-state index contributed by atoms with van der Waals surface area (Å²) in [6, 6.07) is 7.66. The molecule has 0 saturated carbocycles. The first-order valence-corrected chi connectivity index (χ1v) is 15.4. The molecule has 0 unspecified atom stereocenters. The predicted octanol–water partition coefficient (Wildman–Crippen LogP) is 3.51. The third-order valence-corrected chi connectivity index (χ3v) is 6.95. The molecule has 14 nitrogen and oxygen atoms in total. The van der Waals surface area contributed by atoms with E-state index in [1.807, 2.05) is 13.8 Å². The van der Waals surface area contributed by atoms with E-state index in [0.717, 1.165) is 5.56 Å². The van der Waals surface area contributed by atoms with E-state index in [0.29, 0.717) is 54.0 Å². The Morgan fingerprint density at radius 1 is 0.957 bits per heavy atom. The van der Waals surface area contributed by atoms with Gasteiger partial charge in [-0.05, 0) is 42.7 Å². The van der Waals surface area contributed by atoms with E-state index in [9.17, 15) is 14.4 Å². The number of hydrogen-bond acceptors (Lipinski definition) is 12. The molecule has 3 N–H and O–H groups in total. The molecular formula is C32H42ClN5O9. The van der Waals surface area contributed by atoms with Crippen LogP contribution >= 0.6 is 11.6 Å². The first-order valence-electron chi connectivity index (χ1n) is 15.0. The van der Waals surface area contributed by atoms with Crippen molar-refractivity contribution in [2.75, 3.05) is 72.4 Å². The number of aromatic amines is 1. The van der Waals surface area contributed by atoms with Crippen molar-refractivity contribution in [3.8, 4) is 11.3 Å². The highest BCUT2D eigenvalue weighted by Gasteiger charge is 2.21. The molecule has 2 atom stereocenters. The van der Waals surface area contributed by atoms with E-state index < -0.39 is 23.9 Å². The maximum atomic E-state index is 13.4. The molecule has 0 bridgehead atoms. The van der Waals surface area contributed by atoms with Crippen LogP contribution in [0.4, 0.5) is 5.95 Å². The quantitative estimate of drug-likeness (QED) is 0.111. The van der Waals surface area contributed by atoms with Crippen molar-refractivity contribution in [1.82, 2.24) is 20.3 Å². The Morgan fingerprint density at radius 3 is 2.28 bits per heavy atom. The van der Waals surface area contributed by atoms with Crippen molar-refractivity contribution in [2.24, 2.45) is 0 Å². The molecule has 0 spiro atoms. The number of carbonyl (C=O) groups excluding carboxylic acids is 3. The van der Waals surface area contributed by atoms with Crippen molar-refractivity contribution in [3.05, 3.63) is 64.6 Å². The van der Waals surface area contributed by atoms with Crippen molar-refractivity contribution in [3.63, 3.8) is 0 Å². The lowest BCUT2D eigenvalue weighted by atomic mass is 10.1. The molecule has 15 heteroatoms. The van der Waals surface area contributed by atoms with Gasteiger partial charge in [0.2, 0.25) is 5.95 Å². The van der Waals surface area contributed by atoms with Gasteiger partial charge in [-0.2, -0.15) is 0 Å². The fourth-order valence-electron chi connectivity index (χ4n) is 4.14. The maximum absolute atomic E-state index is 13.4. The lowest BCUT2D eigenvalue weighted by Crippen LogP contribution is -2.33. The van der Waals surface area contributed by atoms with Crippen LogP contribution in [0.5, 0.6) is 0 Å². The van der Waals surface area contributed by atoms with Crippen LogP contribution in [-0.2, 0) is 38.0 Å². The predicted molar refractivity (Wildman–Crippen MR) is 173 cm³/mol. The third-order valence-electron chi connectivity index (χ3n) is 6.72. The fraction of sp³-hybridized carbons (Fsp3) is 0.469. The van der Waals surface area contributed by atoms with Crippen molar-refractivity contribution in [1.29, 1.82) is 0 Å². The van der Waals surface area contributed by atoms with Gasteiger partial charge < -0.3 is 44.0 Å². The lowest BCUT2D eigenvalue weighted by Gasteiger charge is -2.19. The molecule has 1 amide bonds. The van der Waals surface area contributed by atoms with Crippen LogP contribution < -0.4 is 10.6 Å². The molecule has 1 aromatic carbocycles. The number of aryl methyl sites for hydroxylation is 1. The standard InChI is InChI=1S/C32H42ClN5O9/c1-5-25(17-46-28(39)19-44-11-9-42-3)36-32-35-15-21(2)30(38-32)23-14-26(34-16-23)31(41)37-27(22-7-6-8-24(33)13-22)18-47-29(40)20-45-12-10-43-4/h6-8,13-16,25,27,34H,5,9-12,17-20H2,1-4H3,(H,37,41)(H,35,36,38)/t25-,27-/m1/s1. The molecular weight excluding hydrogens is 634 g/mol. The normalized spacial score (nSPS) is 12.3. The van der Waals surface area contributed by atoms with E-state index in [1.54, 1.807) is 49.8 Å². The van der Waals surface area contributed by atoms with Crippen molar-refractivity contribution >= 4 is 35.4 Å². The second kappa shape index (κ2) is 20.2. The first-order chi connectivity index (χ1) is 22.7. The Morgan fingerprint density at radius 2 is 1.64 bits per heavy atom. The average Bonchev–Trinajstić information content (AvgIpc) is 3.56. The summed E-state index contributed by atoms with van der Waals surface area (Å²) in [6.07, 6.45) is 3.98. The number of rotatable bonds is 21. The minimum Gasteiger partial charge on any atom is -0.462 e. The van der Waals surface area contributed by atoms with Gasteiger partial charge in [0.25, 0.3) is 5.91 Å². The first kappa shape index (κ1) is 37.4. The number of H-pyrrole nitrogens is 1. The number of halogens is 1. The number of benzene rings is 1. The number of aromatic nitrogens is 3. The van der Waals surface area contributed by atoms with Crippen molar-refractivity contribution < 1.29 is 42.8 Å². The zero-order valence-electron chi connectivity index (χ0n) is 27.0. The Kier molecular flexibility index (Phi) is 16.1. The van der Waals surface area contributed by atoms with Crippen LogP contribution in [0.3, 0.4) is 0 Å². The molecule has 2 heterocycles. The topological polar surface area (TPSA) is 172 Å². The smallest absolute Gasteiger partial charge is 0.332 e. The summed E-state index contributed by atoms with van der Waals surface area (Å²) in [4.78, 5) is 49.6. The summed E-state index contributed by atoms with van der Waals surface area (Å²) < 4.78 is 30.9. The van der Waals surface area contributed by atoms with Gasteiger partial charge >= 0.3 is 11.9 Å². The minimum atomic E-state index is -0.690. The second-order valence-corrected chi connectivity index (χ2v) is 10.8. The third kappa shape index (κ3) is 12.9. The molecule has 2 aromatic heterocycles. The number of nitrogens with one attached hydrogen (secondary N) is 3. The Labute approximate surface area is 278 Å². The Hall–Kier alpha value is -4.08. The molecule has 0 aliphatic rings. The lowest BCUT2D eigenvalue weighted by molar-refractivity contribution is -0.150. The van der Waals surface area contributed by atoms with Gasteiger partial charge in [-0.25, -0.2) is 19.6 Å². The molecule has 0 saturated heterocycles. The highest BCUT2D eigenvalue weighted by Crippen LogP contribution is 2.24. The molecule has 256 valence electrons. The Balaban J connectivity index is 1.65. The monoisotopic (exact) mass is 675 g/mol. The fourth-order valence-corrected chi connectivity index (χ4v) is 4.34. The van der Waals surface area contributed by atoms with Crippen LogP contribution in [0.25, 0.3) is 11.3 Å². The molecule has 0 aliphatic carbocycles. The van der Waals surface area contributed by atoms with Gasteiger partial charge in [0.15, 0.2) is 0 Å². The van der Waals surface area contributed by atoms with E-state index in [2.05, 4.69) is 25.6 Å². The molecule has 3 rings (SSSR count). The van der Waals surface area contributed by atoms with Gasteiger partial charge in [-0.3, -0.25) is 4.79 Å². The van der Waals surface area contributed by atoms with Gasteiger partial charge in [-0.1, -0.05) is 30.7 Å². The number of amides is 1. The molecule has 0 radical (unpaired) electrons. The number of carbonyl (C=O) groups is 3. The summed E-state index contributed by atoms with van der Waals surface area (Å²) in [7, 11) is 3.09. The minimum absolute atomic E-state index is 0.105. The zero-order valence-corrected chi connectivity index (χ0v) is 27.8. The van der Waals surface area contributed by atoms with Crippen LogP contribution in [0.1, 0.15) is 41.0 Å². The molecule has 0 fully saturated rings. The number of anilines is 1. The van der Waals surface area contributed by atoms with E-state index >= 15 is 0 Å². The molecule has 3 aromatic rings. The number of esters is 2. The summed E-state index contributed by atoms with van der Waals surface area (Å²) in [5, 5.41) is 6.58. The highest BCUT2D eigenvalue weighted by molar-refractivity contribution is 6.30. The van der Waals surface area contributed by atoms with E-state index in [4.69, 9.17) is 40.0 Å². The van der Waals surface area contributed by atoms with Gasteiger partial charge in [0.05, 0.1) is 44.2 Å². The van der Waals surface area contributed by atoms with Crippen LogP contribution in [-0.4, -0.2) is 106 Å². The average molecular weight is 676 g/mol. The summed E-state index contributed by atoms with van der Waals surface area (Å²) in [5.41, 5.74) is 2.96. The summed E-state index contributed by atoms with van der Waals surface area (Å²) >= 11 is 6.20. The Bertz CT molecular complexity index is 1440. The number of hydrogen-bond donors (Lipinski definition) is 3. The van der Waals surface area contributed by atoms with Gasteiger partial charge in [0, 0.05) is 37.2 Å². The maximum Gasteiger partial charge on any atom is 0.332 e. The van der Waals surface area contributed by atoms with E-state index in [1.165, 1.54) is 7.11 Å². The van der Waals surface area contributed by atoms with E-state index in [-0.39, 0.29) is 44.8 Å². The van der Waals surface area contributed by atoms with Gasteiger partial charge in [0.1, 0.15) is 32.1 Å². The van der Waals surface area contributed by atoms with Crippen LogP contribution in [0.15, 0.2) is 42.7 Å². The second-order valence-electron chi connectivity index (χ2n) is 10.3. The highest BCUT2D eigenvalue weighted by atomic mass is 35.5. The molecule has 47 heavy (non-hydrogen) atoms. The number of ether oxygens (including phenoxy) is 6. The van der Waals surface area contributed by atoms with Crippen LogP contribution in [0.2, 0.25) is 5.02 Å². The SMILES string of the molecule is CC[C@H](COC(=O)COCCOC)Nc1ncc(C)c(-c2c[nH]c(C(=O)N[C@H](COC(=O)COCCOC)c3cccc(Cl)c3)c2)n1. The number of nitrogens with zero attached hydrogens (tertiary/aromatic N) is 2. The van der Waals surface area contributed by atoms with Crippen LogP contribution in [0, 0.1) is 6.92 Å². The van der Waals surface area contributed by atoms with Gasteiger partial charge in [-0.15, -0.1) is 0 Å². The molecule has 0 aliphatic heterocycles. The summed E-state index contributed by atoms with van der Waals surface area (Å²) in [5.74, 6) is -1.15. The van der Waals surface area contributed by atoms with Crippen molar-refractivity contribution in [2.45, 2.75) is 32.4 Å². The zero-order chi connectivity index (χ0) is 34.0.